The van der Waals surface area contributed by atoms with Crippen LogP contribution < -0.4 is 4.74 Å². The van der Waals surface area contributed by atoms with Crippen molar-refractivity contribution in [2.75, 3.05) is 33.4 Å². The second kappa shape index (κ2) is 10.6. The highest BCUT2D eigenvalue weighted by molar-refractivity contribution is 6.09. The highest BCUT2D eigenvalue weighted by Gasteiger charge is 2.47. The molecule has 196 valence electrons. The fourth-order valence-corrected chi connectivity index (χ4v) is 6.31. The van der Waals surface area contributed by atoms with E-state index in [4.69, 9.17) is 19.6 Å². The average molecular weight is 499 g/mol. The van der Waals surface area contributed by atoms with Gasteiger partial charge in [0.15, 0.2) is 5.82 Å². The van der Waals surface area contributed by atoms with Gasteiger partial charge in [-0.25, -0.2) is 4.98 Å². The van der Waals surface area contributed by atoms with Gasteiger partial charge in [-0.15, -0.1) is 0 Å². The van der Waals surface area contributed by atoms with Crippen LogP contribution in [0.25, 0.3) is 0 Å². The molecule has 3 heterocycles. The van der Waals surface area contributed by atoms with Gasteiger partial charge in [-0.1, -0.05) is 6.42 Å². The van der Waals surface area contributed by atoms with E-state index in [0.717, 1.165) is 38.6 Å². The highest BCUT2D eigenvalue weighted by atomic mass is 16.6. The van der Waals surface area contributed by atoms with E-state index >= 15 is 0 Å². The zero-order valence-corrected chi connectivity index (χ0v) is 21.4. The summed E-state index contributed by atoms with van der Waals surface area (Å²) in [4.78, 5) is 24.5. The minimum Gasteiger partial charge on any atom is -0.511 e. The van der Waals surface area contributed by atoms with E-state index in [1.807, 2.05) is 6.92 Å². The number of ketones is 1. The normalized spacial score (nSPS) is 30.6. The van der Waals surface area contributed by atoms with Crippen molar-refractivity contribution >= 4 is 11.5 Å². The Hall–Kier alpha value is -2.36. The predicted molar refractivity (Wildman–Crippen MR) is 134 cm³/mol. The van der Waals surface area contributed by atoms with E-state index in [2.05, 4.69) is 21.9 Å². The number of aliphatic hydroxyl groups excluding tert-OH is 1. The third-order valence-corrected chi connectivity index (χ3v) is 8.38. The quantitative estimate of drug-likeness (QED) is 0.567. The Morgan fingerprint density at radius 2 is 2.06 bits per heavy atom. The first-order chi connectivity index (χ1) is 17.4. The number of ether oxygens (including phenoxy) is 3. The van der Waals surface area contributed by atoms with Gasteiger partial charge < -0.3 is 19.3 Å². The number of carbonyl (C=O) groups excluding carboxylic acids is 1. The van der Waals surface area contributed by atoms with Crippen molar-refractivity contribution in [1.29, 1.82) is 5.41 Å². The van der Waals surface area contributed by atoms with Gasteiger partial charge in [-0.2, -0.15) is 4.98 Å². The van der Waals surface area contributed by atoms with Crippen molar-refractivity contribution in [3.8, 4) is 5.88 Å². The molecule has 0 amide bonds. The molecule has 4 atom stereocenters. The van der Waals surface area contributed by atoms with E-state index in [1.54, 1.807) is 6.07 Å². The van der Waals surface area contributed by atoms with Gasteiger partial charge in [0.25, 0.3) is 0 Å². The Kier molecular flexibility index (Phi) is 7.42. The molecule has 3 fully saturated rings. The number of aliphatic hydroxyl groups is 1. The number of allylic oxidation sites excluding steroid dienone is 2. The molecule has 9 heteroatoms. The van der Waals surface area contributed by atoms with Crippen LogP contribution in [0.3, 0.4) is 0 Å². The van der Waals surface area contributed by atoms with Crippen molar-refractivity contribution in [2.24, 2.45) is 5.41 Å². The molecule has 2 aliphatic heterocycles. The van der Waals surface area contributed by atoms with Crippen molar-refractivity contribution in [1.82, 2.24) is 14.9 Å². The lowest BCUT2D eigenvalue weighted by Gasteiger charge is -2.39. The van der Waals surface area contributed by atoms with Gasteiger partial charge in [-0.05, 0) is 65.5 Å². The number of hydrogen-bond acceptors (Lipinski definition) is 9. The Morgan fingerprint density at radius 3 is 2.78 bits per heavy atom. The molecule has 0 aromatic carbocycles. The Labute approximate surface area is 212 Å². The molecular formula is C27H38N4O5. The molecule has 2 aliphatic carbocycles. The lowest BCUT2D eigenvalue weighted by molar-refractivity contribution is -0.131. The molecule has 2 saturated heterocycles. The van der Waals surface area contributed by atoms with Gasteiger partial charge in [0.1, 0.15) is 29.5 Å². The van der Waals surface area contributed by atoms with Crippen LogP contribution in [0.2, 0.25) is 0 Å². The van der Waals surface area contributed by atoms with E-state index in [0.29, 0.717) is 68.7 Å². The first-order valence-corrected chi connectivity index (χ1v) is 13.4. The van der Waals surface area contributed by atoms with Crippen molar-refractivity contribution < 1.29 is 24.1 Å². The Bertz CT molecular complexity index is 1040. The number of likely N-dealkylation sites (N-methyl/N-ethyl adjacent to an activating group) is 1. The maximum Gasteiger partial charge on any atom is 0.217 e. The first kappa shape index (κ1) is 25.3. The summed E-state index contributed by atoms with van der Waals surface area (Å²) in [6.07, 6.45) is 6.56. The zero-order chi connectivity index (χ0) is 25.3. The van der Waals surface area contributed by atoms with Crippen molar-refractivity contribution in [2.45, 2.75) is 83.0 Å². The molecule has 1 saturated carbocycles. The van der Waals surface area contributed by atoms with Crippen molar-refractivity contribution in [3.63, 3.8) is 0 Å². The third kappa shape index (κ3) is 4.80. The molecule has 2 N–H and O–H groups in total. The number of rotatable bonds is 6. The second-order valence-electron chi connectivity index (χ2n) is 10.7. The van der Waals surface area contributed by atoms with Crippen LogP contribution in [0.5, 0.6) is 5.88 Å². The van der Waals surface area contributed by atoms with Gasteiger partial charge in [0, 0.05) is 24.1 Å². The molecule has 1 spiro atoms. The van der Waals surface area contributed by atoms with E-state index in [9.17, 15) is 9.90 Å². The number of nitrogens with zero attached hydrogens (tertiary/aromatic N) is 3. The van der Waals surface area contributed by atoms with Gasteiger partial charge in [0.05, 0.1) is 30.9 Å². The fourth-order valence-electron chi connectivity index (χ4n) is 6.31. The molecule has 5 rings (SSSR count). The molecule has 1 aromatic rings. The molecule has 1 unspecified atom stereocenters. The minimum absolute atomic E-state index is 0.0538. The third-order valence-electron chi connectivity index (χ3n) is 8.38. The molecule has 9 nitrogen and oxygen atoms in total. The number of likely N-dealkylation sites (tertiary alicyclic amines) is 1. The SMILES string of the molecule is C[C@H](Oc1cc(C2COCCO2)nc(C(=N)C2=C(O)[C@]3(CCCCC3=O)CCC2)n1)[C@@H]1CCCN1C. The molecule has 1 aromatic heterocycles. The predicted octanol–water partition coefficient (Wildman–Crippen LogP) is 3.92. The number of nitrogens with one attached hydrogen (secondary N) is 1. The van der Waals surface area contributed by atoms with Gasteiger partial charge in [0.2, 0.25) is 5.88 Å². The van der Waals surface area contributed by atoms with E-state index < -0.39 is 5.41 Å². The monoisotopic (exact) mass is 498 g/mol. The van der Waals surface area contributed by atoms with Gasteiger partial charge >= 0.3 is 0 Å². The van der Waals surface area contributed by atoms with Crippen LogP contribution in [0.1, 0.15) is 82.3 Å². The molecule has 36 heavy (non-hydrogen) atoms. The highest BCUT2D eigenvalue weighted by Crippen LogP contribution is 2.48. The zero-order valence-electron chi connectivity index (χ0n) is 21.4. The summed E-state index contributed by atoms with van der Waals surface area (Å²) < 4.78 is 17.8. The van der Waals surface area contributed by atoms with Crippen molar-refractivity contribution in [3.05, 3.63) is 28.9 Å². The average Bonchev–Trinajstić information content (AvgIpc) is 3.33. The number of Topliss-reactive ketones (excluding diaryl/α,β-unsaturated/α-hetero) is 1. The van der Waals surface area contributed by atoms with Crippen LogP contribution in [0.15, 0.2) is 17.4 Å². The standard InChI is InChI=1S/C27H38N4O5/c1-17(20-8-6-12-31(20)2)36-23-15-19(21-16-34-13-14-35-21)29-26(30-23)24(28)18-7-5-11-27(25(18)33)10-4-3-9-22(27)32/h15,17,20-21,28,33H,3-14,16H2,1-2H3/t17-,20-,21?,27+/m0/s1. The summed E-state index contributed by atoms with van der Waals surface area (Å²) in [7, 11) is 2.11. The Morgan fingerprint density at radius 1 is 1.22 bits per heavy atom. The number of hydrogen-bond donors (Lipinski definition) is 2. The summed E-state index contributed by atoms with van der Waals surface area (Å²) in [6.45, 7) is 4.47. The maximum absolute atomic E-state index is 12.9. The lowest BCUT2D eigenvalue weighted by Crippen LogP contribution is -2.40. The van der Waals surface area contributed by atoms with Crippen LogP contribution in [0.4, 0.5) is 0 Å². The molecule has 4 aliphatic rings. The van der Waals surface area contributed by atoms with E-state index in [-0.39, 0.29) is 35.3 Å². The number of aromatic nitrogens is 2. The van der Waals surface area contributed by atoms with Crippen LogP contribution >= 0.6 is 0 Å². The van der Waals surface area contributed by atoms with Crippen LogP contribution in [-0.4, -0.2) is 77.0 Å². The topological polar surface area (TPSA) is 118 Å². The second-order valence-corrected chi connectivity index (χ2v) is 10.7. The summed E-state index contributed by atoms with van der Waals surface area (Å²) in [6, 6.07) is 2.07. The summed E-state index contributed by atoms with van der Waals surface area (Å²) in [5.41, 5.74) is 0.283. The molecule has 0 radical (unpaired) electrons. The van der Waals surface area contributed by atoms with Crippen LogP contribution in [0, 0.1) is 10.8 Å². The van der Waals surface area contributed by atoms with E-state index in [1.165, 1.54) is 0 Å². The van der Waals surface area contributed by atoms with Gasteiger partial charge in [-0.3, -0.25) is 15.1 Å². The number of carbonyl (C=O) groups is 1. The molecular weight excluding hydrogens is 460 g/mol. The first-order valence-electron chi connectivity index (χ1n) is 13.4. The fraction of sp³-hybridized carbons (Fsp3) is 0.704. The van der Waals surface area contributed by atoms with Crippen LogP contribution in [-0.2, 0) is 14.3 Å². The largest absolute Gasteiger partial charge is 0.511 e. The maximum atomic E-state index is 12.9. The summed E-state index contributed by atoms with van der Waals surface area (Å²) in [5, 5.41) is 20.4. The lowest BCUT2D eigenvalue weighted by atomic mass is 9.64. The Balaban J connectivity index is 1.48. The smallest absolute Gasteiger partial charge is 0.217 e. The summed E-state index contributed by atoms with van der Waals surface area (Å²) in [5.74, 6) is 0.724. The minimum atomic E-state index is -0.850. The molecule has 0 bridgehead atoms. The summed E-state index contributed by atoms with van der Waals surface area (Å²) >= 11 is 0.